The van der Waals surface area contributed by atoms with Crippen LogP contribution in [0.2, 0.25) is 0 Å². The van der Waals surface area contributed by atoms with Crippen LogP contribution in [-0.4, -0.2) is 96.6 Å². The number of hydrogen-bond donors (Lipinski definition) is 7. The topological polar surface area (TPSA) is 177 Å². The first-order valence-corrected chi connectivity index (χ1v) is 7.90. The standard InChI is InChI=1S/C15H26N2O8/c18-2-1-14(25-15(8-21)13(24)7-20)10-5-16-9(4-17-10)3-11(22)12(23)6-19/h4-5,11-15,18-24H,1-3,6-8H2/t11-,12+,13+,14+,15+/m0/s1. The van der Waals surface area contributed by atoms with E-state index in [1.807, 2.05) is 0 Å². The van der Waals surface area contributed by atoms with E-state index < -0.39 is 50.3 Å². The fourth-order valence-corrected chi connectivity index (χ4v) is 2.10. The summed E-state index contributed by atoms with van der Waals surface area (Å²) in [5.74, 6) is 0. The van der Waals surface area contributed by atoms with Gasteiger partial charge in [-0.1, -0.05) is 0 Å². The fourth-order valence-electron chi connectivity index (χ4n) is 2.10. The number of aliphatic hydroxyl groups is 7. The molecular formula is C15H26N2O8. The van der Waals surface area contributed by atoms with Crippen molar-refractivity contribution in [2.75, 3.05) is 26.4 Å². The zero-order valence-corrected chi connectivity index (χ0v) is 13.7. The summed E-state index contributed by atoms with van der Waals surface area (Å²) >= 11 is 0. The summed E-state index contributed by atoms with van der Waals surface area (Å²) in [5.41, 5.74) is 0.708. The molecule has 0 aromatic carbocycles. The van der Waals surface area contributed by atoms with E-state index in [0.29, 0.717) is 11.4 Å². The van der Waals surface area contributed by atoms with Crippen molar-refractivity contribution in [3.63, 3.8) is 0 Å². The van der Waals surface area contributed by atoms with E-state index in [-0.39, 0.29) is 19.4 Å². The van der Waals surface area contributed by atoms with Crippen molar-refractivity contribution in [3.8, 4) is 0 Å². The zero-order chi connectivity index (χ0) is 18.8. The molecule has 1 aromatic rings. The fraction of sp³-hybridized carbons (Fsp3) is 0.733. The van der Waals surface area contributed by atoms with Gasteiger partial charge in [-0.3, -0.25) is 9.97 Å². The molecule has 0 saturated heterocycles. The quantitative estimate of drug-likeness (QED) is 0.201. The molecule has 144 valence electrons. The summed E-state index contributed by atoms with van der Waals surface area (Å²) in [6, 6.07) is 0. The monoisotopic (exact) mass is 362 g/mol. The summed E-state index contributed by atoms with van der Waals surface area (Å²) < 4.78 is 5.51. The van der Waals surface area contributed by atoms with Gasteiger partial charge < -0.3 is 40.5 Å². The lowest BCUT2D eigenvalue weighted by Crippen LogP contribution is -2.36. The van der Waals surface area contributed by atoms with Crippen molar-refractivity contribution in [2.45, 2.75) is 43.4 Å². The molecule has 10 heteroatoms. The summed E-state index contributed by atoms with van der Waals surface area (Å²) in [6.07, 6.45) is -2.74. The molecule has 1 rings (SSSR count). The van der Waals surface area contributed by atoms with Gasteiger partial charge in [-0.05, 0) is 0 Å². The van der Waals surface area contributed by atoms with Gasteiger partial charge in [-0.15, -0.1) is 0 Å². The first-order valence-electron chi connectivity index (χ1n) is 7.90. The van der Waals surface area contributed by atoms with Crippen molar-refractivity contribution < 1.29 is 40.5 Å². The molecule has 0 unspecified atom stereocenters. The minimum absolute atomic E-state index is 0.0109. The molecule has 10 nitrogen and oxygen atoms in total. The van der Waals surface area contributed by atoms with E-state index in [2.05, 4.69) is 9.97 Å². The van der Waals surface area contributed by atoms with Crippen LogP contribution in [0, 0.1) is 0 Å². The van der Waals surface area contributed by atoms with E-state index in [4.69, 9.17) is 20.1 Å². The smallest absolute Gasteiger partial charge is 0.110 e. The van der Waals surface area contributed by atoms with E-state index in [1.165, 1.54) is 12.4 Å². The predicted octanol–water partition coefficient (Wildman–Crippen LogP) is -3.11. The minimum Gasteiger partial charge on any atom is -0.396 e. The second kappa shape index (κ2) is 11.4. The summed E-state index contributed by atoms with van der Waals surface area (Å²) in [7, 11) is 0. The molecule has 0 aliphatic carbocycles. The Labute approximate surface area is 145 Å². The number of ether oxygens (including phenoxy) is 1. The van der Waals surface area contributed by atoms with Crippen LogP contribution in [0.5, 0.6) is 0 Å². The highest BCUT2D eigenvalue weighted by Gasteiger charge is 2.25. The third kappa shape index (κ3) is 6.88. The maximum absolute atomic E-state index is 9.66. The van der Waals surface area contributed by atoms with Crippen molar-refractivity contribution in [1.29, 1.82) is 0 Å². The SMILES string of the molecule is OCC[C@@H](O[C@H](CO)[C@H](O)CO)c1cnc(C[C@H](O)[C@H](O)CO)cn1. The van der Waals surface area contributed by atoms with Crippen LogP contribution in [0.3, 0.4) is 0 Å². The van der Waals surface area contributed by atoms with Gasteiger partial charge >= 0.3 is 0 Å². The molecular weight excluding hydrogens is 336 g/mol. The molecule has 0 bridgehead atoms. The Morgan fingerprint density at radius 3 is 2.00 bits per heavy atom. The molecule has 0 amide bonds. The van der Waals surface area contributed by atoms with Gasteiger partial charge in [-0.2, -0.15) is 0 Å². The maximum Gasteiger partial charge on any atom is 0.110 e. The second-order valence-electron chi connectivity index (χ2n) is 5.56. The Morgan fingerprint density at radius 2 is 1.52 bits per heavy atom. The molecule has 7 N–H and O–H groups in total. The largest absolute Gasteiger partial charge is 0.396 e. The summed E-state index contributed by atoms with van der Waals surface area (Å²) in [5, 5.41) is 64.7. The Morgan fingerprint density at radius 1 is 0.840 bits per heavy atom. The first-order chi connectivity index (χ1) is 12.0. The zero-order valence-electron chi connectivity index (χ0n) is 13.7. The number of rotatable bonds is 12. The Balaban J connectivity index is 2.80. The Bertz CT molecular complexity index is 475. The number of nitrogens with zero attached hydrogens (tertiary/aromatic N) is 2. The lowest BCUT2D eigenvalue weighted by molar-refractivity contribution is -0.116. The molecule has 0 fully saturated rings. The highest BCUT2D eigenvalue weighted by Crippen LogP contribution is 2.21. The van der Waals surface area contributed by atoms with Gasteiger partial charge in [0.25, 0.3) is 0 Å². The van der Waals surface area contributed by atoms with E-state index in [9.17, 15) is 20.4 Å². The van der Waals surface area contributed by atoms with Crippen LogP contribution in [0.4, 0.5) is 0 Å². The highest BCUT2D eigenvalue weighted by molar-refractivity contribution is 5.07. The van der Waals surface area contributed by atoms with Crippen LogP contribution in [0.1, 0.15) is 23.9 Å². The van der Waals surface area contributed by atoms with Crippen molar-refractivity contribution in [3.05, 3.63) is 23.8 Å². The van der Waals surface area contributed by atoms with E-state index >= 15 is 0 Å². The molecule has 1 aromatic heterocycles. The van der Waals surface area contributed by atoms with Crippen molar-refractivity contribution in [1.82, 2.24) is 9.97 Å². The molecule has 0 radical (unpaired) electrons. The van der Waals surface area contributed by atoms with E-state index in [0.717, 1.165) is 0 Å². The van der Waals surface area contributed by atoms with Crippen LogP contribution in [0.15, 0.2) is 12.4 Å². The molecule has 5 atom stereocenters. The molecule has 0 saturated carbocycles. The van der Waals surface area contributed by atoms with Crippen LogP contribution in [0.25, 0.3) is 0 Å². The maximum atomic E-state index is 9.66. The lowest BCUT2D eigenvalue weighted by Gasteiger charge is -2.25. The third-order valence-corrected chi connectivity index (χ3v) is 3.63. The lowest BCUT2D eigenvalue weighted by atomic mass is 10.1. The molecule has 1 heterocycles. The average molecular weight is 362 g/mol. The normalized spacial score (nSPS) is 17.7. The van der Waals surface area contributed by atoms with Gasteiger partial charge in [0, 0.05) is 25.6 Å². The molecule has 25 heavy (non-hydrogen) atoms. The third-order valence-electron chi connectivity index (χ3n) is 3.63. The number of aromatic nitrogens is 2. The van der Waals surface area contributed by atoms with Crippen molar-refractivity contribution >= 4 is 0 Å². The average Bonchev–Trinajstić information content (AvgIpc) is 2.64. The van der Waals surface area contributed by atoms with Crippen LogP contribution >= 0.6 is 0 Å². The Hall–Kier alpha value is -1.24. The van der Waals surface area contributed by atoms with Crippen molar-refractivity contribution in [2.24, 2.45) is 0 Å². The van der Waals surface area contributed by atoms with Gasteiger partial charge in [0.2, 0.25) is 0 Å². The number of aliphatic hydroxyl groups excluding tert-OH is 7. The summed E-state index contributed by atoms with van der Waals surface area (Å²) in [4.78, 5) is 8.21. The van der Waals surface area contributed by atoms with Crippen LogP contribution in [-0.2, 0) is 11.2 Å². The van der Waals surface area contributed by atoms with Gasteiger partial charge in [0.05, 0.1) is 43.5 Å². The van der Waals surface area contributed by atoms with Crippen LogP contribution < -0.4 is 0 Å². The Kier molecular flexibility index (Phi) is 9.93. The molecule has 0 aliphatic rings. The molecule has 0 spiro atoms. The van der Waals surface area contributed by atoms with Gasteiger partial charge in [0.15, 0.2) is 0 Å². The minimum atomic E-state index is -1.28. The van der Waals surface area contributed by atoms with Gasteiger partial charge in [-0.25, -0.2) is 0 Å². The molecule has 0 aliphatic heterocycles. The first kappa shape index (κ1) is 21.8. The number of hydrogen-bond acceptors (Lipinski definition) is 10. The highest BCUT2D eigenvalue weighted by atomic mass is 16.5. The van der Waals surface area contributed by atoms with E-state index in [1.54, 1.807) is 0 Å². The van der Waals surface area contributed by atoms with Gasteiger partial charge in [0.1, 0.15) is 24.4 Å². The summed E-state index contributed by atoms with van der Waals surface area (Å²) in [6.45, 7) is -1.93. The second-order valence-corrected chi connectivity index (χ2v) is 5.56. The predicted molar refractivity (Wildman–Crippen MR) is 84.3 cm³/mol.